The fourth-order valence-corrected chi connectivity index (χ4v) is 2.42. The predicted molar refractivity (Wildman–Crippen MR) is 72.2 cm³/mol. The van der Waals surface area contributed by atoms with Crippen LogP contribution in [0.3, 0.4) is 0 Å². The summed E-state index contributed by atoms with van der Waals surface area (Å²) >= 11 is 0. The standard InChI is InChI=1S/C15H21NO2/c1-12(17)14-8-3-4-9-15(14)18-11-13-7-5-6-10-16(13)2/h3-4,8-9,13H,5-7,10-11H2,1-2H3. The molecule has 0 spiro atoms. The van der Waals surface area contributed by atoms with E-state index in [4.69, 9.17) is 4.74 Å². The van der Waals surface area contributed by atoms with Gasteiger partial charge in [0, 0.05) is 6.04 Å². The van der Waals surface area contributed by atoms with Crippen LogP contribution in [0.5, 0.6) is 5.75 Å². The second kappa shape index (κ2) is 6.01. The molecule has 1 aliphatic heterocycles. The van der Waals surface area contributed by atoms with Crippen molar-refractivity contribution in [1.82, 2.24) is 4.90 Å². The number of likely N-dealkylation sites (N-methyl/N-ethyl adjacent to an activating group) is 1. The van der Waals surface area contributed by atoms with Crippen molar-refractivity contribution < 1.29 is 9.53 Å². The van der Waals surface area contributed by atoms with Crippen LogP contribution in [0.2, 0.25) is 0 Å². The molecule has 1 aliphatic rings. The van der Waals surface area contributed by atoms with Crippen molar-refractivity contribution in [2.45, 2.75) is 32.2 Å². The molecule has 0 aromatic heterocycles. The zero-order valence-electron chi connectivity index (χ0n) is 11.2. The van der Waals surface area contributed by atoms with Gasteiger partial charge >= 0.3 is 0 Å². The van der Waals surface area contributed by atoms with E-state index in [9.17, 15) is 4.79 Å². The van der Waals surface area contributed by atoms with E-state index in [1.165, 1.54) is 19.3 Å². The Bertz CT molecular complexity index is 417. The first-order valence-corrected chi connectivity index (χ1v) is 6.61. The van der Waals surface area contributed by atoms with Gasteiger partial charge in [0.05, 0.1) is 5.56 Å². The maximum absolute atomic E-state index is 11.5. The average molecular weight is 247 g/mol. The number of ether oxygens (including phenoxy) is 1. The van der Waals surface area contributed by atoms with Crippen LogP contribution in [0.15, 0.2) is 24.3 Å². The molecule has 1 heterocycles. The second-order valence-corrected chi connectivity index (χ2v) is 4.99. The lowest BCUT2D eigenvalue weighted by Crippen LogP contribution is -2.40. The quantitative estimate of drug-likeness (QED) is 0.766. The summed E-state index contributed by atoms with van der Waals surface area (Å²) in [5.41, 5.74) is 0.677. The van der Waals surface area contributed by atoms with Crippen LogP contribution in [0, 0.1) is 0 Å². The minimum Gasteiger partial charge on any atom is -0.491 e. The third-order valence-corrected chi connectivity index (χ3v) is 3.62. The molecule has 0 aliphatic carbocycles. The number of hydrogen-bond donors (Lipinski definition) is 0. The van der Waals surface area contributed by atoms with Gasteiger partial charge in [0.1, 0.15) is 12.4 Å². The van der Waals surface area contributed by atoms with Crippen LogP contribution >= 0.6 is 0 Å². The van der Waals surface area contributed by atoms with Crippen molar-refractivity contribution in [1.29, 1.82) is 0 Å². The molecule has 0 radical (unpaired) electrons. The zero-order valence-corrected chi connectivity index (χ0v) is 11.2. The fourth-order valence-electron chi connectivity index (χ4n) is 2.42. The average Bonchev–Trinajstić information content (AvgIpc) is 2.38. The van der Waals surface area contributed by atoms with E-state index in [0.29, 0.717) is 24.0 Å². The molecule has 18 heavy (non-hydrogen) atoms. The molecule has 1 fully saturated rings. The van der Waals surface area contributed by atoms with Gasteiger partial charge in [0.2, 0.25) is 0 Å². The molecule has 3 heteroatoms. The number of carbonyl (C=O) groups is 1. The molecule has 0 bridgehead atoms. The number of likely N-dealkylation sites (tertiary alicyclic amines) is 1. The van der Waals surface area contributed by atoms with Crippen molar-refractivity contribution in [2.75, 3.05) is 20.2 Å². The van der Waals surface area contributed by atoms with Gasteiger partial charge < -0.3 is 9.64 Å². The van der Waals surface area contributed by atoms with Crippen molar-refractivity contribution in [2.24, 2.45) is 0 Å². The first-order chi connectivity index (χ1) is 8.68. The second-order valence-electron chi connectivity index (χ2n) is 4.99. The fraction of sp³-hybridized carbons (Fsp3) is 0.533. The Labute approximate surface area is 109 Å². The van der Waals surface area contributed by atoms with Gasteiger partial charge in [-0.05, 0) is 45.5 Å². The van der Waals surface area contributed by atoms with Crippen LogP contribution in [0.4, 0.5) is 0 Å². The number of ketones is 1. The number of Topliss-reactive ketones (excluding diaryl/α,β-unsaturated/α-hetero) is 1. The molecular formula is C15H21NO2. The van der Waals surface area contributed by atoms with E-state index in [0.717, 1.165) is 6.54 Å². The topological polar surface area (TPSA) is 29.5 Å². The third kappa shape index (κ3) is 3.10. The highest BCUT2D eigenvalue weighted by atomic mass is 16.5. The van der Waals surface area contributed by atoms with Crippen LogP contribution in [-0.2, 0) is 0 Å². The predicted octanol–water partition coefficient (Wildman–Crippen LogP) is 2.75. The molecule has 1 saturated heterocycles. The van der Waals surface area contributed by atoms with E-state index < -0.39 is 0 Å². The lowest BCUT2D eigenvalue weighted by Gasteiger charge is -2.32. The maximum atomic E-state index is 11.5. The number of benzene rings is 1. The summed E-state index contributed by atoms with van der Waals surface area (Å²) in [5.74, 6) is 0.770. The Morgan fingerprint density at radius 1 is 1.39 bits per heavy atom. The van der Waals surface area contributed by atoms with Gasteiger partial charge in [-0.3, -0.25) is 4.79 Å². The summed E-state index contributed by atoms with van der Waals surface area (Å²) in [4.78, 5) is 13.8. The highest BCUT2D eigenvalue weighted by Gasteiger charge is 2.20. The number of carbonyl (C=O) groups excluding carboxylic acids is 1. The number of rotatable bonds is 4. The Hall–Kier alpha value is -1.35. The summed E-state index contributed by atoms with van der Waals surface area (Å²) in [5, 5.41) is 0. The van der Waals surface area contributed by atoms with Gasteiger partial charge in [0.25, 0.3) is 0 Å². The summed E-state index contributed by atoms with van der Waals surface area (Å²) < 4.78 is 5.85. The summed E-state index contributed by atoms with van der Waals surface area (Å²) in [6.45, 7) is 3.39. The Balaban J connectivity index is 1.99. The van der Waals surface area contributed by atoms with Crippen LogP contribution in [0.25, 0.3) is 0 Å². The zero-order chi connectivity index (χ0) is 13.0. The van der Waals surface area contributed by atoms with Crippen LogP contribution < -0.4 is 4.74 Å². The lowest BCUT2D eigenvalue weighted by molar-refractivity contribution is 0.1000. The first-order valence-electron chi connectivity index (χ1n) is 6.61. The van der Waals surface area contributed by atoms with Gasteiger partial charge in [-0.15, -0.1) is 0 Å². The normalized spacial score (nSPS) is 20.7. The number of nitrogens with zero attached hydrogens (tertiary/aromatic N) is 1. The van der Waals surface area contributed by atoms with Gasteiger partial charge in [-0.1, -0.05) is 18.6 Å². The van der Waals surface area contributed by atoms with Crippen LogP contribution in [0.1, 0.15) is 36.5 Å². The largest absolute Gasteiger partial charge is 0.491 e. The smallest absolute Gasteiger partial charge is 0.163 e. The van der Waals surface area contributed by atoms with E-state index in [2.05, 4.69) is 11.9 Å². The molecule has 2 rings (SSSR count). The molecule has 0 saturated carbocycles. The first kappa shape index (κ1) is 13.1. The monoisotopic (exact) mass is 247 g/mol. The van der Waals surface area contributed by atoms with Crippen molar-refractivity contribution in [3.8, 4) is 5.75 Å². The molecule has 1 aromatic carbocycles. The number of piperidine rings is 1. The van der Waals surface area contributed by atoms with Gasteiger partial charge in [-0.25, -0.2) is 0 Å². The maximum Gasteiger partial charge on any atom is 0.163 e. The number of para-hydroxylation sites is 1. The lowest BCUT2D eigenvalue weighted by atomic mass is 10.0. The molecule has 0 amide bonds. The van der Waals surface area contributed by atoms with E-state index >= 15 is 0 Å². The van der Waals surface area contributed by atoms with Gasteiger partial charge in [-0.2, -0.15) is 0 Å². The van der Waals surface area contributed by atoms with Crippen molar-refractivity contribution in [3.63, 3.8) is 0 Å². The molecular weight excluding hydrogens is 226 g/mol. The van der Waals surface area contributed by atoms with E-state index in [1.807, 2.05) is 24.3 Å². The van der Waals surface area contributed by atoms with Crippen molar-refractivity contribution in [3.05, 3.63) is 29.8 Å². The molecule has 1 unspecified atom stereocenters. The Morgan fingerprint density at radius 3 is 2.89 bits per heavy atom. The van der Waals surface area contributed by atoms with E-state index in [-0.39, 0.29) is 5.78 Å². The van der Waals surface area contributed by atoms with Crippen molar-refractivity contribution >= 4 is 5.78 Å². The molecule has 98 valence electrons. The highest BCUT2D eigenvalue weighted by Crippen LogP contribution is 2.21. The SMILES string of the molecule is CC(=O)c1ccccc1OCC1CCCCN1C. The summed E-state index contributed by atoms with van der Waals surface area (Å²) in [6, 6.07) is 7.95. The summed E-state index contributed by atoms with van der Waals surface area (Å²) in [7, 11) is 2.14. The molecule has 1 aromatic rings. The van der Waals surface area contributed by atoms with Crippen LogP contribution in [-0.4, -0.2) is 36.9 Å². The van der Waals surface area contributed by atoms with E-state index in [1.54, 1.807) is 6.92 Å². The third-order valence-electron chi connectivity index (χ3n) is 3.62. The van der Waals surface area contributed by atoms with Gasteiger partial charge in [0.15, 0.2) is 5.78 Å². The molecule has 1 atom stereocenters. The molecule has 0 N–H and O–H groups in total. The number of hydrogen-bond acceptors (Lipinski definition) is 3. The summed E-state index contributed by atoms with van der Waals surface area (Å²) in [6.07, 6.45) is 3.72. The molecule has 3 nitrogen and oxygen atoms in total. The Morgan fingerprint density at radius 2 is 2.17 bits per heavy atom. The minimum absolute atomic E-state index is 0.0580. The highest BCUT2D eigenvalue weighted by molar-refractivity contribution is 5.96. The minimum atomic E-state index is 0.0580. The Kier molecular flexibility index (Phi) is 4.37.